The van der Waals surface area contributed by atoms with Crippen molar-refractivity contribution in [3.63, 3.8) is 0 Å². The number of hydrogen-bond acceptors (Lipinski definition) is 2. The number of nitrogens with zero attached hydrogens (tertiary/aromatic N) is 1. The maximum Gasteiger partial charge on any atom is 0.238 e. The number of para-hydroxylation sites is 1. The zero-order valence-electron chi connectivity index (χ0n) is 13.9. The van der Waals surface area contributed by atoms with Crippen molar-refractivity contribution in [1.29, 1.82) is 0 Å². The molecule has 1 heterocycles. The van der Waals surface area contributed by atoms with Gasteiger partial charge in [-0.25, -0.2) is 0 Å². The lowest BCUT2D eigenvalue weighted by atomic mass is 9.75. The lowest BCUT2D eigenvalue weighted by Crippen LogP contribution is -2.44. The molecule has 1 saturated carbocycles. The molecule has 0 unspecified atom stereocenters. The van der Waals surface area contributed by atoms with Crippen molar-refractivity contribution in [2.45, 2.75) is 46.0 Å². The number of benzene rings is 1. The predicted octanol–water partition coefficient (Wildman–Crippen LogP) is 3.75. The Morgan fingerprint density at radius 3 is 2.55 bits per heavy atom. The third kappa shape index (κ3) is 3.52. The fourth-order valence-electron chi connectivity index (χ4n) is 4.21. The Labute approximate surface area is 134 Å². The molecule has 22 heavy (non-hydrogen) atoms. The van der Waals surface area contributed by atoms with Gasteiger partial charge in [-0.05, 0) is 56.2 Å². The number of fused-ring (bicyclic) bond motifs is 1. The summed E-state index contributed by atoms with van der Waals surface area (Å²) < 4.78 is 0. The number of nitrogens with one attached hydrogen (secondary N) is 1. The normalized spacial score (nSPS) is 25.5. The predicted molar refractivity (Wildman–Crippen MR) is 91.1 cm³/mol. The number of anilines is 1. The highest BCUT2D eigenvalue weighted by atomic mass is 16.2. The number of amides is 1. The smallest absolute Gasteiger partial charge is 0.238 e. The minimum Gasteiger partial charge on any atom is -0.324 e. The minimum absolute atomic E-state index is 0.131. The van der Waals surface area contributed by atoms with E-state index in [1.165, 1.54) is 32.1 Å². The Bertz CT molecular complexity index is 520. The van der Waals surface area contributed by atoms with E-state index in [1.807, 2.05) is 6.07 Å². The molecular weight excluding hydrogens is 272 g/mol. The molecule has 1 amide bonds. The van der Waals surface area contributed by atoms with Crippen LogP contribution in [0.2, 0.25) is 0 Å². The Balaban J connectivity index is 1.56. The van der Waals surface area contributed by atoms with Crippen LogP contribution in [0.1, 0.15) is 43.2 Å². The molecule has 3 heteroatoms. The number of carbonyl (C=O) groups is 1. The van der Waals surface area contributed by atoms with Gasteiger partial charge in [0.2, 0.25) is 5.91 Å². The number of rotatable bonds is 3. The van der Waals surface area contributed by atoms with E-state index in [0.717, 1.165) is 41.7 Å². The monoisotopic (exact) mass is 300 g/mol. The lowest BCUT2D eigenvalue weighted by molar-refractivity contribution is -0.118. The first-order valence-electron chi connectivity index (χ1n) is 8.72. The summed E-state index contributed by atoms with van der Waals surface area (Å²) in [7, 11) is 0. The number of likely N-dealkylation sites (tertiary alicyclic amines) is 1. The van der Waals surface area contributed by atoms with Crippen LogP contribution in [-0.4, -0.2) is 30.4 Å². The van der Waals surface area contributed by atoms with Gasteiger partial charge in [0.15, 0.2) is 0 Å². The fourth-order valence-corrected chi connectivity index (χ4v) is 4.21. The van der Waals surface area contributed by atoms with Crippen LogP contribution < -0.4 is 5.32 Å². The summed E-state index contributed by atoms with van der Waals surface area (Å²) in [6.07, 6.45) is 6.84. The second-order valence-electron chi connectivity index (χ2n) is 7.14. The van der Waals surface area contributed by atoms with Gasteiger partial charge >= 0.3 is 0 Å². The summed E-state index contributed by atoms with van der Waals surface area (Å²) in [6.45, 7) is 6.84. The fraction of sp³-hybridized carbons (Fsp3) is 0.632. The molecule has 2 aliphatic rings. The van der Waals surface area contributed by atoms with Crippen LogP contribution in [-0.2, 0) is 4.79 Å². The lowest BCUT2D eigenvalue weighted by Gasteiger charge is -2.41. The molecule has 1 saturated heterocycles. The molecule has 2 atom stereocenters. The Morgan fingerprint density at radius 1 is 1.14 bits per heavy atom. The Kier molecular flexibility index (Phi) is 4.82. The molecule has 1 N–H and O–H groups in total. The molecule has 1 aliphatic heterocycles. The van der Waals surface area contributed by atoms with Crippen LogP contribution >= 0.6 is 0 Å². The second-order valence-corrected chi connectivity index (χ2v) is 7.14. The third-order valence-corrected chi connectivity index (χ3v) is 5.49. The van der Waals surface area contributed by atoms with Crippen LogP contribution in [0.5, 0.6) is 0 Å². The van der Waals surface area contributed by atoms with Gasteiger partial charge in [-0.3, -0.25) is 9.69 Å². The summed E-state index contributed by atoms with van der Waals surface area (Å²) in [4.78, 5) is 14.7. The molecule has 3 nitrogen and oxygen atoms in total. The van der Waals surface area contributed by atoms with Crippen molar-refractivity contribution in [3.05, 3.63) is 29.3 Å². The van der Waals surface area contributed by atoms with Gasteiger partial charge in [0.05, 0.1) is 6.54 Å². The Hall–Kier alpha value is -1.35. The second kappa shape index (κ2) is 6.82. The Morgan fingerprint density at radius 2 is 1.82 bits per heavy atom. The zero-order chi connectivity index (χ0) is 15.5. The first kappa shape index (κ1) is 15.5. The molecule has 1 aromatic rings. The topological polar surface area (TPSA) is 32.3 Å². The van der Waals surface area contributed by atoms with Gasteiger partial charge in [-0.2, -0.15) is 0 Å². The van der Waals surface area contributed by atoms with Gasteiger partial charge in [0.25, 0.3) is 0 Å². The molecule has 0 bridgehead atoms. The summed E-state index contributed by atoms with van der Waals surface area (Å²) in [5.41, 5.74) is 3.26. The molecule has 3 rings (SSSR count). The van der Waals surface area contributed by atoms with Crippen molar-refractivity contribution in [2.75, 3.05) is 25.0 Å². The summed E-state index contributed by atoms with van der Waals surface area (Å²) in [5, 5.41) is 3.12. The van der Waals surface area contributed by atoms with E-state index in [-0.39, 0.29) is 5.91 Å². The number of piperidine rings is 1. The van der Waals surface area contributed by atoms with Crippen LogP contribution in [0.15, 0.2) is 18.2 Å². The highest BCUT2D eigenvalue weighted by molar-refractivity contribution is 5.93. The van der Waals surface area contributed by atoms with Gasteiger partial charge < -0.3 is 5.32 Å². The van der Waals surface area contributed by atoms with E-state index in [1.54, 1.807) is 0 Å². The largest absolute Gasteiger partial charge is 0.324 e. The van der Waals surface area contributed by atoms with Crippen molar-refractivity contribution in [3.8, 4) is 0 Å². The average Bonchev–Trinajstić information content (AvgIpc) is 2.51. The van der Waals surface area contributed by atoms with E-state index < -0.39 is 0 Å². The maximum absolute atomic E-state index is 12.4. The minimum atomic E-state index is 0.131. The number of carbonyl (C=O) groups excluding carboxylic acids is 1. The molecule has 120 valence electrons. The number of hydrogen-bond donors (Lipinski definition) is 1. The molecule has 0 aromatic heterocycles. The SMILES string of the molecule is Cc1cccc(C)c1NC(=O)CN1CC[C@H]2CCCC[C@@H]2C1. The van der Waals surface area contributed by atoms with Crippen LogP contribution in [0.4, 0.5) is 5.69 Å². The summed E-state index contributed by atoms with van der Waals surface area (Å²) in [5.74, 6) is 1.88. The molecular formula is C19H28N2O. The highest BCUT2D eigenvalue weighted by Crippen LogP contribution is 2.35. The third-order valence-electron chi connectivity index (χ3n) is 5.49. The van der Waals surface area contributed by atoms with E-state index in [9.17, 15) is 4.79 Å². The molecule has 0 spiro atoms. The van der Waals surface area contributed by atoms with Gasteiger partial charge in [0.1, 0.15) is 0 Å². The van der Waals surface area contributed by atoms with E-state index in [2.05, 4.69) is 36.2 Å². The molecule has 1 aliphatic carbocycles. The molecule has 0 radical (unpaired) electrons. The van der Waals surface area contributed by atoms with E-state index in [0.29, 0.717) is 6.54 Å². The van der Waals surface area contributed by atoms with Crippen LogP contribution in [0, 0.1) is 25.7 Å². The van der Waals surface area contributed by atoms with E-state index >= 15 is 0 Å². The van der Waals surface area contributed by atoms with Gasteiger partial charge in [-0.1, -0.05) is 37.5 Å². The van der Waals surface area contributed by atoms with Gasteiger partial charge in [-0.15, -0.1) is 0 Å². The van der Waals surface area contributed by atoms with Crippen molar-refractivity contribution in [2.24, 2.45) is 11.8 Å². The van der Waals surface area contributed by atoms with Crippen LogP contribution in [0.3, 0.4) is 0 Å². The summed E-state index contributed by atoms with van der Waals surface area (Å²) in [6, 6.07) is 6.14. The standard InChI is InChI=1S/C19H28N2O/c1-14-6-5-7-15(2)19(14)20-18(22)13-21-11-10-16-8-3-4-9-17(16)12-21/h5-7,16-17H,3-4,8-13H2,1-2H3,(H,20,22)/t16-,17-/m1/s1. The molecule has 2 fully saturated rings. The van der Waals surface area contributed by atoms with Gasteiger partial charge in [0, 0.05) is 12.2 Å². The van der Waals surface area contributed by atoms with Crippen molar-refractivity contribution >= 4 is 11.6 Å². The summed E-state index contributed by atoms with van der Waals surface area (Å²) >= 11 is 0. The highest BCUT2D eigenvalue weighted by Gasteiger charge is 2.31. The van der Waals surface area contributed by atoms with Crippen LogP contribution in [0.25, 0.3) is 0 Å². The molecule has 1 aromatic carbocycles. The van der Waals surface area contributed by atoms with Crippen molar-refractivity contribution < 1.29 is 4.79 Å². The zero-order valence-corrected chi connectivity index (χ0v) is 13.9. The van der Waals surface area contributed by atoms with E-state index in [4.69, 9.17) is 0 Å². The first-order valence-corrected chi connectivity index (χ1v) is 8.72. The number of aryl methyl sites for hydroxylation is 2. The first-order chi connectivity index (χ1) is 10.6. The van der Waals surface area contributed by atoms with Crippen molar-refractivity contribution in [1.82, 2.24) is 4.90 Å². The maximum atomic E-state index is 12.4. The quantitative estimate of drug-likeness (QED) is 0.922. The average molecular weight is 300 g/mol.